The quantitative estimate of drug-likeness (QED) is 0.713. The molecular formula is C19H20N2O5. The molecule has 2 rings (SSSR count). The molecule has 136 valence electrons. The second-order valence-corrected chi connectivity index (χ2v) is 5.75. The van der Waals surface area contributed by atoms with Gasteiger partial charge in [0.15, 0.2) is 6.61 Å². The summed E-state index contributed by atoms with van der Waals surface area (Å²) in [7, 11) is 0. The number of hydrogen-bond acceptors (Lipinski definition) is 5. The van der Waals surface area contributed by atoms with Crippen LogP contribution in [0.5, 0.6) is 0 Å². The number of rotatable bonds is 5. The van der Waals surface area contributed by atoms with Crippen molar-refractivity contribution in [1.29, 1.82) is 0 Å². The molecule has 0 saturated heterocycles. The van der Waals surface area contributed by atoms with Gasteiger partial charge in [0.1, 0.15) is 0 Å². The SMILES string of the molecule is Cc1ccc(NC(=O)NC(=O)COC(=O)c2ccc(CO)cc2)c(C)c1. The summed E-state index contributed by atoms with van der Waals surface area (Å²) in [4.78, 5) is 35.4. The Morgan fingerprint density at radius 3 is 2.35 bits per heavy atom. The highest BCUT2D eigenvalue weighted by Crippen LogP contribution is 2.15. The number of aliphatic hydroxyl groups excluding tert-OH is 1. The van der Waals surface area contributed by atoms with Gasteiger partial charge in [-0.3, -0.25) is 10.1 Å². The Balaban J connectivity index is 1.81. The van der Waals surface area contributed by atoms with Gasteiger partial charge in [-0.2, -0.15) is 0 Å². The Hall–Kier alpha value is -3.19. The molecule has 0 aliphatic heterocycles. The minimum Gasteiger partial charge on any atom is -0.452 e. The van der Waals surface area contributed by atoms with Crippen molar-refractivity contribution in [3.05, 3.63) is 64.7 Å². The van der Waals surface area contributed by atoms with E-state index in [1.54, 1.807) is 18.2 Å². The highest BCUT2D eigenvalue weighted by atomic mass is 16.5. The van der Waals surface area contributed by atoms with Gasteiger partial charge in [-0.25, -0.2) is 9.59 Å². The second-order valence-electron chi connectivity index (χ2n) is 5.75. The second kappa shape index (κ2) is 8.77. The fourth-order valence-electron chi connectivity index (χ4n) is 2.23. The average molecular weight is 356 g/mol. The van der Waals surface area contributed by atoms with Crippen LogP contribution in [0.1, 0.15) is 27.0 Å². The molecule has 2 aromatic carbocycles. The topological polar surface area (TPSA) is 105 Å². The molecule has 3 amide bonds. The van der Waals surface area contributed by atoms with Gasteiger partial charge in [0.25, 0.3) is 5.91 Å². The standard InChI is InChI=1S/C19H20N2O5/c1-12-3-8-16(13(2)9-12)20-19(25)21-17(23)11-26-18(24)15-6-4-14(10-22)5-7-15/h3-9,22H,10-11H2,1-2H3,(H2,20,21,23,25). The van der Waals surface area contributed by atoms with Crippen LogP contribution in [0.25, 0.3) is 0 Å². The number of nitrogens with one attached hydrogen (secondary N) is 2. The van der Waals surface area contributed by atoms with Crippen molar-refractivity contribution in [3.8, 4) is 0 Å². The first-order chi connectivity index (χ1) is 12.4. The molecule has 0 aliphatic carbocycles. The predicted molar refractivity (Wildman–Crippen MR) is 95.7 cm³/mol. The zero-order valence-corrected chi connectivity index (χ0v) is 14.5. The maximum absolute atomic E-state index is 11.8. The molecule has 0 fully saturated rings. The lowest BCUT2D eigenvalue weighted by atomic mass is 10.1. The number of carbonyl (C=O) groups is 3. The third-order valence-corrected chi connectivity index (χ3v) is 3.59. The van der Waals surface area contributed by atoms with E-state index in [-0.39, 0.29) is 12.2 Å². The number of urea groups is 1. The van der Waals surface area contributed by atoms with Gasteiger partial charge in [-0.1, -0.05) is 29.8 Å². The maximum Gasteiger partial charge on any atom is 0.338 e. The van der Waals surface area contributed by atoms with Gasteiger partial charge in [0.05, 0.1) is 12.2 Å². The van der Waals surface area contributed by atoms with E-state index in [9.17, 15) is 14.4 Å². The van der Waals surface area contributed by atoms with E-state index in [2.05, 4.69) is 10.6 Å². The number of imide groups is 1. The zero-order valence-electron chi connectivity index (χ0n) is 14.5. The van der Waals surface area contributed by atoms with Crippen molar-refractivity contribution in [2.24, 2.45) is 0 Å². The number of aliphatic hydroxyl groups is 1. The molecule has 3 N–H and O–H groups in total. The first kappa shape index (κ1) is 19.1. The lowest BCUT2D eigenvalue weighted by Crippen LogP contribution is -2.37. The minimum atomic E-state index is -0.743. The van der Waals surface area contributed by atoms with Crippen molar-refractivity contribution >= 4 is 23.6 Å². The number of aryl methyl sites for hydroxylation is 2. The Morgan fingerprint density at radius 1 is 1.04 bits per heavy atom. The largest absolute Gasteiger partial charge is 0.452 e. The van der Waals surface area contributed by atoms with Crippen LogP contribution in [0.4, 0.5) is 10.5 Å². The van der Waals surface area contributed by atoms with Gasteiger partial charge in [-0.05, 0) is 43.2 Å². The minimum absolute atomic E-state index is 0.132. The maximum atomic E-state index is 11.8. The molecule has 26 heavy (non-hydrogen) atoms. The van der Waals surface area contributed by atoms with E-state index in [4.69, 9.17) is 9.84 Å². The predicted octanol–water partition coefficient (Wildman–Crippen LogP) is 2.30. The summed E-state index contributed by atoms with van der Waals surface area (Å²) >= 11 is 0. The molecule has 0 heterocycles. The van der Waals surface area contributed by atoms with Crippen molar-refractivity contribution in [2.45, 2.75) is 20.5 Å². The Kier molecular flexibility index (Phi) is 6.46. The van der Waals surface area contributed by atoms with Gasteiger partial charge in [0.2, 0.25) is 0 Å². The molecule has 0 unspecified atom stereocenters. The van der Waals surface area contributed by atoms with E-state index in [0.29, 0.717) is 11.3 Å². The van der Waals surface area contributed by atoms with Crippen molar-refractivity contribution in [1.82, 2.24) is 5.32 Å². The number of ether oxygens (including phenoxy) is 1. The number of benzene rings is 2. The summed E-state index contributed by atoms with van der Waals surface area (Å²) in [5, 5.41) is 13.6. The Bertz CT molecular complexity index is 815. The van der Waals surface area contributed by atoms with Crippen LogP contribution in [0.2, 0.25) is 0 Å². The fourth-order valence-corrected chi connectivity index (χ4v) is 2.23. The summed E-state index contributed by atoms with van der Waals surface area (Å²) < 4.78 is 4.86. The molecule has 0 aliphatic rings. The van der Waals surface area contributed by atoms with E-state index < -0.39 is 24.5 Å². The number of anilines is 1. The van der Waals surface area contributed by atoms with Gasteiger partial charge in [-0.15, -0.1) is 0 Å². The average Bonchev–Trinajstić information content (AvgIpc) is 2.62. The highest BCUT2D eigenvalue weighted by Gasteiger charge is 2.13. The Morgan fingerprint density at radius 2 is 1.73 bits per heavy atom. The lowest BCUT2D eigenvalue weighted by molar-refractivity contribution is -0.123. The summed E-state index contributed by atoms with van der Waals surface area (Å²) in [5.41, 5.74) is 3.41. The molecule has 0 spiro atoms. The van der Waals surface area contributed by atoms with Crippen LogP contribution in [0.15, 0.2) is 42.5 Å². The van der Waals surface area contributed by atoms with Crippen molar-refractivity contribution in [3.63, 3.8) is 0 Å². The van der Waals surface area contributed by atoms with Crippen LogP contribution in [-0.2, 0) is 16.1 Å². The highest BCUT2D eigenvalue weighted by molar-refractivity contribution is 6.02. The van der Waals surface area contributed by atoms with Crippen LogP contribution < -0.4 is 10.6 Å². The molecule has 0 aromatic heterocycles. The summed E-state index contributed by atoms with van der Waals surface area (Å²) in [6.07, 6.45) is 0. The molecular weight excluding hydrogens is 336 g/mol. The van der Waals surface area contributed by atoms with E-state index in [0.717, 1.165) is 11.1 Å². The molecule has 7 heteroatoms. The molecule has 0 radical (unpaired) electrons. The molecule has 0 bridgehead atoms. The third kappa shape index (κ3) is 5.42. The molecule has 0 saturated carbocycles. The number of amides is 3. The third-order valence-electron chi connectivity index (χ3n) is 3.59. The smallest absolute Gasteiger partial charge is 0.338 e. The van der Waals surface area contributed by atoms with Gasteiger partial charge >= 0.3 is 12.0 Å². The van der Waals surface area contributed by atoms with Crippen molar-refractivity contribution < 1.29 is 24.2 Å². The van der Waals surface area contributed by atoms with Crippen LogP contribution in [0, 0.1) is 13.8 Å². The fraction of sp³-hybridized carbons (Fsp3) is 0.211. The summed E-state index contributed by atoms with van der Waals surface area (Å²) in [5.74, 6) is -1.44. The van der Waals surface area contributed by atoms with Crippen LogP contribution >= 0.6 is 0 Å². The summed E-state index contributed by atoms with van der Waals surface area (Å²) in [6, 6.07) is 10.9. The first-order valence-electron chi connectivity index (χ1n) is 7.94. The summed E-state index contributed by atoms with van der Waals surface area (Å²) in [6.45, 7) is 3.06. The first-order valence-corrected chi connectivity index (χ1v) is 7.94. The molecule has 7 nitrogen and oxygen atoms in total. The lowest BCUT2D eigenvalue weighted by Gasteiger charge is -2.10. The van der Waals surface area contributed by atoms with Crippen LogP contribution in [0.3, 0.4) is 0 Å². The molecule has 0 atom stereocenters. The van der Waals surface area contributed by atoms with Crippen molar-refractivity contribution in [2.75, 3.05) is 11.9 Å². The van der Waals surface area contributed by atoms with E-state index in [1.165, 1.54) is 12.1 Å². The van der Waals surface area contributed by atoms with Crippen LogP contribution in [-0.4, -0.2) is 29.6 Å². The van der Waals surface area contributed by atoms with E-state index >= 15 is 0 Å². The Labute approximate surface area is 151 Å². The number of carbonyl (C=O) groups excluding carboxylic acids is 3. The number of esters is 1. The monoisotopic (exact) mass is 356 g/mol. The van der Waals surface area contributed by atoms with E-state index in [1.807, 2.05) is 26.0 Å². The van der Waals surface area contributed by atoms with Gasteiger partial charge in [0, 0.05) is 5.69 Å². The zero-order chi connectivity index (χ0) is 19.1. The normalized spacial score (nSPS) is 10.1. The van der Waals surface area contributed by atoms with Gasteiger partial charge < -0.3 is 15.2 Å². The number of hydrogen-bond donors (Lipinski definition) is 3. The molecule has 2 aromatic rings.